The Balaban J connectivity index is 2.83. The molecule has 0 radical (unpaired) electrons. The Morgan fingerprint density at radius 2 is 2.00 bits per heavy atom. The summed E-state index contributed by atoms with van der Waals surface area (Å²) in [6.45, 7) is 3.65. The molecule has 1 aromatic carbocycles. The van der Waals surface area contributed by atoms with Crippen LogP contribution in [0.4, 0.5) is 0 Å². The lowest BCUT2D eigenvalue weighted by Gasteiger charge is -2.10. The third-order valence-electron chi connectivity index (χ3n) is 2.77. The minimum atomic E-state index is -3.68. The van der Waals surface area contributed by atoms with Crippen molar-refractivity contribution in [3.8, 4) is 5.75 Å². The van der Waals surface area contributed by atoms with Crippen LogP contribution in [0, 0.1) is 0 Å². The van der Waals surface area contributed by atoms with E-state index in [2.05, 4.69) is 10.0 Å². The molecule has 0 unspecified atom stereocenters. The summed E-state index contributed by atoms with van der Waals surface area (Å²) in [5.74, 6) is -0.500. The van der Waals surface area contributed by atoms with Gasteiger partial charge in [0.2, 0.25) is 10.0 Å². The van der Waals surface area contributed by atoms with Crippen molar-refractivity contribution in [3.63, 3.8) is 0 Å². The van der Waals surface area contributed by atoms with E-state index in [-0.39, 0.29) is 22.8 Å². The first kappa shape index (κ1) is 17.4. The lowest BCUT2D eigenvalue weighted by atomic mass is 10.2. The molecule has 118 valence electrons. The molecule has 0 heterocycles. The van der Waals surface area contributed by atoms with E-state index in [1.807, 2.05) is 6.92 Å². The highest BCUT2D eigenvalue weighted by Gasteiger charge is 2.18. The van der Waals surface area contributed by atoms with Gasteiger partial charge >= 0.3 is 0 Å². The van der Waals surface area contributed by atoms with Crippen molar-refractivity contribution < 1.29 is 17.9 Å². The van der Waals surface area contributed by atoms with Crippen molar-refractivity contribution in [2.45, 2.75) is 18.2 Å². The number of sulfonamides is 1. The summed E-state index contributed by atoms with van der Waals surface area (Å²) in [6.07, 6.45) is 0.979. The molecule has 1 rings (SSSR count). The van der Waals surface area contributed by atoms with Crippen LogP contribution in [0.5, 0.6) is 5.75 Å². The van der Waals surface area contributed by atoms with E-state index in [0.717, 1.165) is 13.0 Å². The Bertz CT molecular complexity index is 587. The largest absolute Gasteiger partial charge is 0.496 e. The zero-order valence-corrected chi connectivity index (χ0v) is 13.0. The van der Waals surface area contributed by atoms with Crippen molar-refractivity contribution in [2.75, 3.05) is 26.7 Å². The van der Waals surface area contributed by atoms with Crippen LogP contribution < -0.4 is 20.5 Å². The Morgan fingerprint density at radius 1 is 1.29 bits per heavy atom. The van der Waals surface area contributed by atoms with Gasteiger partial charge in [-0.25, -0.2) is 13.1 Å². The summed E-state index contributed by atoms with van der Waals surface area (Å²) in [7, 11) is -2.30. The number of hydrogen-bond donors (Lipinski definition) is 3. The molecule has 8 heteroatoms. The Labute approximate surface area is 124 Å². The number of amides is 1. The van der Waals surface area contributed by atoms with Gasteiger partial charge in [0, 0.05) is 13.1 Å². The van der Waals surface area contributed by atoms with Crippen LogP contribution in [-0.4, -0.2) is 41.1 Å². The lowest BCUT2D eigenvalue weighted by Crippen LogP contribution is -2.32. The van der Waals surface area contributed by atoms with E-state index in [4.69, 9.17) is 10.5 Å². The summed E-state index contributed by atoms with van der Waals surface area (Å²) in [5.41, 5.74) is 5.25. The zero-order chi connectivity index (χ0) is 15.9. The average molecular weight is 315 g/mol. The van der Waals surface area contributed by atoms with Gasteiger partial charge in [-0.1, -0.05) is 6.92 Å². The quantitative estimate of drug-likeness (QED) is 0.559. The van der Waals surface area contributed by atoms with Gasteiger partial charge in [-0.2, -0.15) is 0 Å². The minimum absolute atomic E-state index is 0.0207. The van der Waals surface area contributed by atoms with Crippen LogP contribution >= 0.6 is 0 Å². The van der Waals surface area contributed by atoms with Crippen LogP contribution in [0.25, 0.3) is 0 Å². The Hall–Kier alpha value is -1.64. The third-order valence-corrected chi connectivity index (χ3v) is 4.23. The minimum Gasteiger partial charge on any atom is -0.496 e. The van der Waals surface area contributed by atoms with Gasteiger partial charge in [-0.15, -0.1) is 0 Å². The van der Waals surface area contributed by atoms with E-state index in [9.17, 15) is 13.2 Å². The number of ether oxygens (including phenoxy) is 1. The van der Waals surface area contributed by atoms with Gasteiger partial charge in [0.25, 0.3) is 5.91 Å². The van der Waals surface area contributed by atoms with Gasteiger partial charge in [-0.05, 0) is 31.2 Å². The summed E-state index contributed by atoms with van der Waals surface area (Å²) in [5, 5.41) is 3.09. The molecule has 21 heavy (non-hydrogen) atoms. The molecule has 4 N–H and O–H groups in total. The zero-order valence-electron chi connectivity index (χ0n) is 12.2. The number of carbonyl (C=O) groups excluding carboxylic acids is 1. The Morgan fingerprint density at radius 3 is 2.57 bits per heavy atom. The number of benzene rings is 1. The van der Waals surface area contributed by atoms with Gasteiger partial charge in [-0.3, -0.25) is 4.79 Å². The van der Waals surface area contributed by atoms with Crippen molar-refractivity contribution in [1.29, 1.82) is 0 Å². The summed E-state index contributed by atoms with van der Waals surface area (Å²) >= 11 is 0. The molecule has 1 aromatic rings. The first-order valence-electron chi connectivity index (χ1n) is 6.60. The van der Waals surface area contributed by atoms with Crippen LogP contribution in [0.15, 0.2) is 23.1 Å². The van der Waals surface area contributed by atoms with Crippen LogP contribution in [-0.2, 0) is 10.0 Å². The highest BCUT2D eigenvalue weighted by Crippen LogP contribution is 2.21. The van der Waals surface area contributed by atoms with Gasteiger partial charge in [0.05, 0.1) is 17.6 Å². The molecule has 0 fully saturated rings. The normalized spacial score (nSPS) is 11.3. The molecule has 1 amide bonds. The molecule has 0 aromatic heterocycles. The van der Waals surface area contributed by atoms with Crippen LogP contribution in [0.3, 0.4) is 0 Å². The Kier molecular flexibility index (Phi) is 6.60. The molecule has 7 nitrogen and oxygen atoms in total. The molecule has 0 aliphatic rings. The number of nitrogens with one attached hydrogen (secondary N) is 2. The molecule has 0 saturated carbocycles. The van der Waals surface area contributed by atoms with E-state index >= 15 is 0 Å². The van der Waals surface area contributed by atoms with E-state index < -0.39 is 15.9 Å². The molecule has 0 spiro atoms. The van der Waals surface area contributed by atoms with Gasteiger partial charge in [0.15, 0.2) is 0 Å². The van der Waals surface area contributed by atoms with Crippen molar-refractivity contribution in [3.05, 3.63) is 23.8 Å². The molecule has 0 bridgehead atoms. The summed E-state index contributed by atoms with van der Waals surface area (Å²) in [4.78, 5) is 11.3. The molecule has 0 atom stereocenters. The predicted octanol–water partition coefficient (Wildman–Crippen LogP) is 0.0720. The number of methoxy groups -OCH3 is 1. The maximum Gasteiger partial charge on any atom is 0.252 e. The number of rotatable bonds is 9. The average Bonchev–Trinajstić information content (AvgIpc) is 2.46. The number of primary amides is 1. The highest BCUT2D eigenvalue weighted by atomic mass is 32.2. The first-order chi connectivity index (χ1) is 9.92. The fourth-order valence-electron chi connectivity index (χ4n) is 1.71. The standard InChI is InChI=1S/C13H21N3O4S/c1-3-6-15-7-8-16-21(18,19)10-4-5-12(20-2)11(9-10)13(14)17/h4-5,9,15-16H,3,6-8H2,1-2H3,(H2,14,17). The van der Waals surface area contributed by atoms with Crippen molar-refractivity contribution >= 4 is 15.9 Å². The predicted molar refractivity (Wildman–Crippen MR) is 79.9 cm³/mol. The maximum atomic E-state index is 12.1. The van der Waals surface area contributed by atoms with Crippen LogP contribution in [0.1, 0.15) is 23.7 Å². The fourth-order valence-corrected chi connectivity index (χ4v) is 2.76. The lowest BCUT2D eigenvalue weighted by molar-refractivity contribution is 0.0997. The second-order valence-electron chi connectivity index (χ2n) is 4.37. The summed E-state index contributed by atoms with van der Waals surface area (Å²) in [6, 6.07) is 3.99. The topological polar surface area (TPSA) is 111 Å². The van der Waals surface area contributed by atoms with Gasteiger partial charge < -0.3 is 15.8 Å². The SMILES string of the molecule is CCCNCCNS(=O)(=O)c1ccc(OC)c(C(N)=O)c1. The van der Waals surface area contributed by atoms with Gasteiger partial charge in [0.1, 0.15) is 5.75 Å². The van der Waals surface area contributed by atoms with Crippen LogP contribution in [0.2, 0.25) is 0 Å². The third kappa shape index (κ3) is 5.00. The molecule has 0 aliphatic heterocycles. The van der Waals surface area contributed by atoms with E-state index in [1.54, 1.807) is 0 Å². The fraction of sp³-hybridized carbons (Fsp3) is 0.462. The molecular formula is C13H21N3O4S. The van der Waals surface area contributed by atoms with Crippen molar-refractivity contribution in [2.24, 2.45) is 5.73 Å². The number of nitrogens with two attached hydrogens (primary N) is 1. The van der Waals surface area contributed by atoms with Crippen molar-refractivity contribution in [1.82, 2.24) is 10.0 Å². The number of hydrogen-bond acceptors (Lipinski definition) is 5. The molecule has 0 aliphatic carbocycles. The second-order valence-corrected chi connectivity index (χ2v) is 6.14. The van der Waals surface area contributed by atoms with E-state index in [1.165, 1.54) is 25.3 Å². The van der Waals surface area contributed by atoms with E-state index in [0.29, 0.717) is 6.54 Å². The summed E-state index contributed by atoms with van der Waals surface area (Å²) < 4.78 is 31.6. The smallest absolute Gasteiger partial charge is 0.252 e. The molecular weight excluding hydrogens is 294 g/mol. The maximum absolute atomic E-state index is 12.1. The second kappa shape index (κ2) is 7.96. The first-order valence-corrected chi connectivity index (χ1v) is 8.09. The monoisotopic (exact) mass is 315 g/mol. The number of carbonyl (C=O) groups is 1. The highest BCUT2D eigenvalue weighted by molar-refractivity contribution is 7.89. The molecule has 0 saturated heterocycles.